The second kappa shape index (κ2) is 5.29. The molecule has 1 aromatic carbocycles. The Morgan fingerprint density at radius 1 is 1.33 bits per heavy atom. The average molecular weight is 205 g/mol. The van der Waals surface area contributed by atoms with E-state index in [1.807, 2.05) is 18.2 Å². The third-order valence-electron chi connectivity index (χ3n) is 3.17. The monoisotopic (exact) mass is 205 g/mol. The van der Waals surface area contributed by atoms with Crippen LogP contribution in [0.3, 0.4) is 0 Å². The van der Waals surface area contributed by atoms with Crippen molar-refractivity contribution in [3.8, 4) is 0 Å². The average Bonchev–Trinajstić information content (AvgIpc) is 2.31. The number of aliphatic hydroxyl groups is 1. The van der Waals surface area contributed by atoms with Crippen molar-refractivity contribution in [3.05, 3.63) is 35.9 Å². The zero-order chi connectivity index (χ0) is 10.5. The van der Waals surface area contributed by atoms with Gasteiger partial charge in [0.05, 0.1) is 6.10 Å². The van der Waals surface area contributed by atoms with Gasteiger partial charge >= 0.3 is 0 Å². The molecule has 1 heterocycles. The van der Waals surface area contributed by atoms with Gasteiger partial charge in [-0.1, -0.05) is 30.3 Å². The summed E-state index contributed by atoms with van der Waals surface area (Å²) >= 11 is 0. The van der Waals surface area contributed by atoms with Gasteiger partial charge in [0, 0.05) is 6.54 Å². The largest absolute Gasteiger partial charge is 0.392 e. The standard InChI is InChI=1S/C13H19NO/c15-13(12-7-4-8-14-10-12)9-11-5-2-1-3-6-11/h1-3,5-6,12-15H,4,7-10H2. The molecule has 0 spiro atoms. The number of rotatable bonds is 3. The maximum Gasteiger partial charge on any atom is 0.0620 e. The first-order valence-corrected chi connectivity index (χ1v) is 5.79. The molecule has 82 valence electrons. The molecule has 2 heteroatoms. The second-order valence-corrected chi connectivity index (χ2v) is 4.36. The van der Waals surface area contributed by atoms with Gasteiger partial charge in [-0.3, -0.25) is 0 Å². The molecule has 1 aliphatic heterocycles. The van der Waals surface area contributed by atoms with Gasteiger partial charge < -0.3 is 10.4 Å². The molecule has 2 rings (SSSR count). The van der Waals surface area contributed by atoms with Crippen LogP contribution >= 0.6 is 0 Å². The van der Waals surface area contributed by atoms with Crippen LogP contribution in [-0.2, 0) is 6.42 Å². The number of hydrogen-bond donors (Lipinski definition) is 2. The van der Waals surface area contributed by atoms with E-state index >= 15 is 0 Å². The Balaban J connectivity index is 1.88. The summed E-state index contributed by atoms with van der Waals surface area (Å²) in [5.74, 6) is 0.430. The summed E-state index contributed by atoms with van der Waals surface area (Å²) in [6.07, 6.45) is 2.94. The van der Waals surface area contributed by atoms with Crippen LogP contribution in [0.1, 0.15) is 18.4 Å². The molecule has 1 aliphatic rings. The Kier molecular flexibility index (Phi) is 3.75. The van der Waals surface area contributed by atoms with Crippen molar-refractivity contribution in [1.82, 2.24) is 5.32 Å². The molecule has 0 radical (unpaired) electrons. The molecule has 1 saturated heterocycles. The fourth-order valence-corrected chi connectivity index (χ4v) is 2.23. The second-order valence-electron chi connectivity index (χ2n) is 4.36. The Morgan fingerprint density at radius 3 is 2.80 bits per heavy atom. The van der Waals surface area contributed by atoms with Crippen LogP contribution in [0, 0.1) is 5.92 Å². The van der Waals surface area contributed by atoms with E-state index in [1.165, 1.54) is 12.0 Å². The fraction of sp³-hybridized carbons (Fsp3) is 0.538. The van der Waals surface area contributed by atoms with Gasteiger partial charge in [0.1, 0.15) is 0 Å². The molecule has 1 aromatic rings. The van der Waals surface area contributed by atoms with Crippen molar-refractivity contribution >= 4 is 0 Å². The Morgan fingerprint density at radius 2 is 2.13 bits per heavy atom. The number of nitrogens with one attached hydrogen (secondary N) is 1. The first kappa shape index (κ1) is 10.7. The molecule has 2 N–H and O–H groups in total. The minimum atomic E-state index is -0.194. The highest BCUT2D eigenvalue weighted by molar-refractivity contribution is 5.15. The van der Waals surface area contributed by atoms with E-state index in [1.54, 1.807) is 0 Å². The van der Waals surface area contributed by atoms with Gasteiger partial charge in [-0.15, -0.1) is 0 Å². The van der Waals surface area contributed by atoms with Crippen LogP contribution in [0.15, 0.2) is 30.3 Å². The number of benzene rings is 1. The smallest absolute Gasteiger partial charge is 0.0620 e. The van der Waals surface area contributed by atoms with Gasteiger partial charge in [0.15, 0.2) is 0 Å². The third kappa shape index (κ3) is 3.05. The predicted molar refractivity (Wildman–Crippen MR) is 61.7 cm³/mol. The van der Waals surface area contributed by atoms with Crippen LogP contribution in [0.5, 0.6) is 0 Å². The van der Waals surface area contributed by atoms with Crippen molar-refractivity contribution in [2.75, 3.05) is 13.1 Å². The van der Waals surface area contributed by atoms with Gasteiger partial charge in [-0.2, -0.15) is 0 Å². The van der Waals surface area contributed by atoms with E-state index in [2.05, 4.69) is 17.4 Å². The van der Waals surface area contributed by atoms with E-state index in [0.29, 0.717) is 5.92 Å². The van der Waals surface area contributed by atoms with Crippen molar-refractivity contribution < 1.29 is 5.11 Å². The van der Waals surface area contributed by atoms with Crippen LogP contribution < -0.4 is 5.32 Å². The maximum atomic E-state index is 10.1. The van der Waals surface area contributed by atoms with Crippen LogP contribution in [-0.4, -0.2) is 24.3 Å². The topological polar surface area (TPSA) is 32.3 Å². The number of piperidine rings is 1. The highest BCUT2D eigenvalue weighted by atomic mass is 16.3. The summed E-state index contributed by atoms with van der Waals surface area (Å²) in [7, 11) is 0. The van der Waals surface area contributed by atoms with Crippen molar-refractivity contribution in [2.45, 2.75) is 25.4 Å². The Bertz CT molecular complexity index is 280. The Labute approximate surface area is 91.3 Å². The van der Waals surface area contributed by atoms with E-state index in [0.717, 1.165) is 25.9 Å². The molecule has 0 aromatic heterocycles. The number of hydrogen-bond acceptors (Lipinski definition) is 2. The third-order valence-corrected chi connectivity index (χ3v) is 3.17. The summed E-state index contributed by atoms with van der Waals surface area (Å²) in [5, 5.41) is 13.4. The fourth-order valence-electron chi connectivity index (χ4n) is 2.23. The van der Waals surface area contributed by atoms with Crippen LogP contribution in [0.4, 0.5) is 0 Å². The highest BCUT2D eigenvalue weighted by Crippen LogP contribution is 2.17. The van der Waals surface area contributed by atoms with Gasteiger partial charge in [0.2, 0.25) is 0 Å². The summed E-state index contributed by atoms with van der Waals surface area (Å²) in [4.78, 5) is 0. The minimum absolute atomic E-state index is 0.194. The lowest BCUT2D eigenvalue weighted by molar-refractivity contribution is 0.0922. The zero-order valence-electron chi connectivity index (χ0n) is 9.02. The molecule has 15 heavy (non-hydrogen) atoms. The Hall–Kier alpha value is -0.860. The van der Waals surface area contributed by atoms with Crippen molar-refractivity contribution in [3.63, 3.8) is 0 Å². The van der Waals surface area contributed by atoms with E-state index in [-0.39, 0.29) is 6.10 Å². The molecule has 0 saturated carbocycles. The summed E-state index contributed by atoms with van der Waals surface area (Å²) in [5.41, 5.74) is 1.23. The van der Waals surface area contributed by atoms with Gasteiger partial charge in [0.25, 0.3) is 0 Å². The summed E-state index contributed by atoms with van der Waals surface area (Å²) < 4.78 is 0. The zero-order valence-corrected chi connectivity index (χ0v) is 9.02. The first-order chi connectivity index (χ1) is 7.36. The molecule has 1 fully saturated rings. The quantitative estimate of drug-likeness (QED) is 0.785. The predicted octanol–water partition coefficient (Wildman–Crippen LogP) is 1.59. The summed E-state index contributed by atoms with van der Waals surface area (Å²) in [6.45, 7) is 2.07. The maximum absolute atomic E-state index is 10.1. The molecule has 0 aliphatic carbocycles. The minimum Gasteiger partial charge on any atom is -0.392 e. The van der Waals surface area contributed by atoms with Crippen LogP contribution in [0.25, 0.3) is 0 Å². The lowest BCUT2D eigenvalue weighted by atomic mass is 9.90. The van der Waals surface area contributed by atoms with E-state index < -0.39 is 0 Å². The van der Waals surface area contributed by atoms with E-state index in [4.69, 9.17) is 0 Å². The molecule has 0 amide bonds. The molecular weight excluding hydrogens is 186 g/mol. The number of aliphatic hydroxyl groups excluding tert-OH is 1. The molecule has 2 unspecified atom stereocenters. The molecule has 2 atom stereocenters. The lowest BCUT2D eigenvalue weighted by Crippen LogP contribution is -2.37. The molecule has 0 bridgehead atoms. The lowest BCUT2D eigenvalue weighted by Gasteiger charge is -2.27. The van der Waals surface area contributed by atoms with E-state index in [9.17, 15) is 5.11 Å². The normalized spacial score (nSPS) is 23.7. The first-order valence-electron chi connectivity index (χ1n) is 5.79. The summed E-state index contributed by atoms with van der Waals surface area (Å²) in [6, 6.07) is 10.2. The SMILES string of the molecule is OC(Cc1ccccc1)C1CCCNC1. The molecular formula is C13H19NO. The van der Waals surface area contributed by atoms with Crippen molar-refractivity contribution in [1.29, 1.82) is 0 Å². The van der Waals surface area contributed by atoms with Crippen molar-refractivity contribution in [2.24, 2.45) is 5.92 Å². The van der Waals surface area contributed by atoms with Gasteiger partial charge in [-0.25, -0.2) is 0 Å². The molecule has 2 nitrogen and oxygen atoms in total. The van der Waals surface area contributed by atoms with Crippen LogP contribution in [0.2, 0.25) is 0 Å². The highest BCUT2D eigenvalue weighted by Gasteiger charge is 2.21. The van der Waals surface area contributed by atoms with Gasteiger partial charge in [-0.05, 0) is 37.3 Å².